The van der Waals surface area contributed by atoms with Crippen LogP contribution in [0.5, 0.6) is 0 Å². The van der Waals surface area contributed by atoms with Gasteiger partial charge in [-0.3, -0.25) is 9.69 Å². The number of amides is 2. The molecule has 4 heterocycles. The van der Waals surface area contributed by atoms with Crippen molar-refractivity contribution in [2.24, 2.45) is 0 Å². The van der Waals surface area contributed by atoms with Crippen LogP contribution in [-0.4, -0.2) is 78.4 Å². The van der Waals surface area contributed by atoms with Crippen molar-refractivity contribution >= 4 is 23.6 Å². The average Bonchev–Trinajstić information content (AvgIpc) is 3.02. The van der Waals surface area contributed by atoms with Gasteiger partial charge in [-0.15, -0.1) is 0 Å². The van der Waals surface area contributed by atoms with Crippen LogP contribution in [-0.2, 0) is 9.47 Å². The van der Waals surface area contributed by atoms with Gasteiger partial charge in [0.25, 0.3) is 5.91 Å². The minimum Gasteiger partial charge on any atom is -0.436 e. The molecule has 180 valence electrons. The summed E-state index contributed by atoms with van der Waals surface area (Å²) in [5.74, 6) is -0.0480. The number of halogens is 1. The van der Waals surface area contributed by atoms with Crippen molar-refractivity contribution < 1.29 is 23.5 Å². The van der Waals surface area contributed by atoms with Gasteiger partial charge in [-0.05, 0) is 56.5 Å². The van der Waals surface area contributed by atoms with E-state index in [-0.39, 0.29) is 31.4 Å². The van der Waals surface area contributed by atoms with E-state index in [1.54, 1.807) is 11.0 Å². The van der Waals surface area contributed by atoms with Crippen LogP contribution >= 0.6 is 0 Å². The second-order valence-electron chi connectivity index (χ2n) is 9.14. The van der Waals surface area contributed by atoms with E-state index in [9.17, 15) is 14.0 Å². The Kier molecular flexibility index (Phi) is 6.07. The fourth-order valence-electron chi connectivity index (χ4n) is 4.74. The van der Waals surface area contributed by atoms with Crippen LogP contribution < -0.4 is 9.80 Å². The Labute approximate surface area is 197 Å². The first kappa shape index (κ1) is 22.5. The summed E-state index contributed by atoms with van der Waals surface area (Å²) >= 11 is 0. The van der Waals surface area contributed by atoms with E-state index in [0.717, 1.165) is 31.6 Å². The van der Waals surface area contributed by atoms with Crippen molar-refractivity contribution in [3.05, 3.63) is 47.5 Å². The summed E-state index contributed by atoms with van der Waals surface area (Å²) in [5.41, 5.74) is 0.567. The van der Waals surface area contributed by atoms with Gasteiger partial charge < -0.3 is 19.3 Å². The summed E-state index contributed by atoms with van der Waals surface area (Å²) in [6.45, 7) is 4.85. The van der Waals surface area contributed by atoms with Gasteiger partial charge in [0.05, 0.1) is 26.3 Å². The predicted octanol–water partition coefficient (Wildman–Crippen LogP) is 2.78. The Morgan fingerprint density at radius 3 is 2.59 bits per heavy atom. The number of aryl methyl sites for hydroxylation is 1. The normalized spacial score (nSPS) is 23.2. The first-order valence-corrected chi connectivity index (χ1v) is 11.7. The number of benzene rings is 1. The molecule has 0 N–H and O–H groups in total. The molecular weight excluding hydrogens is 441 g/mol. The molecule has 0 bridgehead atoms. The minimum absolute atomic E-state index is 0.169. The number of carbonyl (C=O) groups excluding carboxylic acids is 2. The molecule has 1 atom stereocenters. The lowest BCUT2D eigenvalue weighted by atomic mass is 10.0. The highest BCUT2D eigenvalue weighted by molar-refractivity contribution is 5.93. The summed E-state index contributed by atoms with van der Waals surface area (Å²) in [6, 6.07) is 7.35. The third-order valence-electron chi connectivity index (χ3n) is 6.45. The molecule has 10 heteroatoms. The molecule has 0 unspecified atom stereocenters. The molecule has 2 aromatic rings. The number of rotatable bonds is 3. The first-order chi connectivity index (χ1) is 16.4. The molecule has 34 heavy (non-hydrogen) atoms. The fourth-order valence-corrected chi connectivity index (χ4v) is 4.74. The third kappa shape index (κ3) is 4.54. The fraction of sp³-hybridized carbons (Fsp3) is 0.500. The molecule has 3 fully saturated rings. The van der Waals surface area contributed by atoms with Gasteiger partial charge >= 0.3 is 6.09 Å². The number of hydrogen-bond donors (Lipinski definition) is 0. The molecule has 1 aromatic carbocycles. The Bertz CT molecular complexity index is 1080. The maximum atomic E-state index is 13.5. The zero-order valence-electron chi connectivity index (χ0n) is 19.2. The average molecular weight is 470 g/mol. The molecule has 0 saturated carbocycles. The van der Waals surface area contributed by atoms with Crippen LogP contribution in [0.1, 0.15) is 35.4 Å². The highest BCUT2D eigenvalue weighted by Gasteiger charge is 2.49. The maximum absolute atomic E-state index is 13.5. The molecule has 1 spiro atoms. The van der Waals surface area contributed by atoms with Gasteiger partial charge in [0.15, 0.2) is 5.60 Å². The van der Waals surface area contributed by atoms with Crippen LogP contribution in [0.15, 0.2) is 30.3 Å². The Balaban J connectivity index is 1.36. The van der Waals surface area contributed by atoms with Crippen molar-refractivity contribution in [2.75, 3.05) is 55.7 Å². The molecular formula is C24H28FN5O4. The Hall–Kier alpha value is -3.27. The van der Waals surface area contributed by atoms with Crippen molar-refractivity contribution in [1.29, 1.82) is 0 Å². The molecule has 0 aliphatic carbocycles. The van der Waals surface area contributed by atoms with E-state index in [1.807, 2.05) is 6.92 Å². The summed E-state index contributed by atoms with van der Waals surface area (Å²) in [5, 5.41) is 0. The summed E-state index contributed by atoms with van der Waals surface area (Å²) in [4.78, 5) is 40.5. The third-order valence-corrected chi connectivity index (χ3v) is 6.45. The number of piperidine rings is 1. The molecule has 3 aliphatic rings. The molecule has 3 saturated heterocycles. The van der Waals surface area contributed by atoms with Crippen molar-refractivity contribution in [1.82, 2.24) is 14.9 Å². The van der Waals surface area contributed by atoms with Gasteiger partial charge in [-0.2, -0.15) is 0 Å². The molecule has 1 aromatic heterocycles. The van der Waals surface area contributed by atoms with Crippen molar-refractivity contribution in [2.45, 2.75) is 31.8 Å². The molecule has 0 radical (unpaired) electrons. The topological polar surface area (TPSA) is 88.1 Å². The zero-order valence-corrected chi connectivity index (χ0v) is 19.2. The standard InChI is InChI=1S/C24H28FN5O4/c1-17-13-20(27-22(26-17)28-9-3-2-4-10-28)21(31)29-11-12-33-16-24(14-29)15-30(23(32)34-24)19-7-5-18(25)6-8-19/h5-8,13H,2-4,9-12,14-16H2,1H3/t24-/m1/s1. The highest BCUT2D eigenvalue weighted by atomic mass is 19.1. The maximum Gasteiger partial charge on any atom is 0.415 e. The van der Waals surface area contributed by atoms with Gasteiger partial charge in [0, 0.05) is 31.0 Å². The van der Waals surface area contributed by atoms with Crippen molar-refractivity contribution in [3.8, 4) is 0 Å². The number of carbonyl (C=O) groups is 2. The Morgan fingerprint density at radius 1 is 1.06 bits per heavy atom. The van der Waals surface area contributed by atoms with Crippen LogP contribution in [0.4, 0.5) is 20.8 Å². The smallest absolute Gasteiger partial charge is 0.415 e. The summed E-state index contributed by atoms with van der Waals surface area (Å²) in [7, 11) is 0. The van der Waals surface area contributed by atoms with E-state index in [2.05, 4.69) is 14.9 Å². The van der Waals surface area contributed by atoms with Gasteiger partial charge in [0.1, 0.15) is 11.5 Å². The summed E-state index contributed by atoms with van der Waals surface area (Å²) in [6.07, 6.45) is 2.82. The first-order valence-electron chi connectivity index (χ1n) is 11.7. The van der Waals surface area contributed by atoms with E-state index in [4.69, 9.17) is 9.47 Å². The molecule has 3 aliphatic heterocycles. The largest absolute Gasteiger partial charge is 0.436 e. The van der Waals surface area contributed by atoms with Gasteiger partial charge in [0.2, 0.25) is 5.95 Å². The monoisotopic (exact) mass is 469 g/mol. The van der Waals surface area contributed by atoms with E-state index in [1.165, 1.54) is 35.6 Å². The van der Waals surface area contributed by atoms with E-state index < -0.39 is 11.7 Å². The lowest BCUT2D eigenvalue weighted by Gasteiger charge is -2.30. The SMILES string of the molecule is Cc1cc(C(=O)N2CCOC[C@@]3(C2)CN(c2ccc(F)cc2)C(=O)O3)nc(N2CCCCC2)n1. The lowest BCUT2D eigenvalue weighted by molar-refractivity contribution is -0.0140. The second kappa shape index (κ2) is 9.17. The molecule has 2 amide bonds. The molecule has 5 rings (SSSR count). The number of nitrogens with zero attached hydrogens (tertiary/aromatic N) is 5. The zero-order chi connectivity index (χ0) is 23.7. The minimum atomic E-state index is -1.02. The van der Waals surface area contributed by atoms with E-state index >= 15 is 0 Å². The van der Waals surface area contributed by atoms with E-state index in [0.29, 0.717) is 30.5 Å². The number of aromatic nitrogens is 2. The molecule has 9 nitrogen and oxygen atoms in total. The predicted molar refractivity (Wildman–Crippen MR) is 123 cm³/mol. The second-order valence-corrected chi connectivity index (χ2v) is 9.14. The van der Waals surface area contributed by atoms with Crippen LogP contribution in [0, 0.1) is 12.7 Å². The van der Waals surface area contributed by atoms with Crippen LogP contribution in [0.3, 0.4) is 0 Å². The van der Waals surface area contributed by atoms with Crippen LogP contribution in [0.2, 0.25) is 0 Å². The Morgan fingerprint density at radius 2 is 1.82 bits per heavy atom. The highest BCUT2D eigenvalue weighted by Crippen LogP contribution is 2.31. The van der Waals surface area contributed by atoms with Crippen LogP contribution in [0.25, 0.3) is 0 Å². The number of hydrogen-bond acceptors (Lipinski definition) is 7. The number of ether oxygens (including phenoxy) is 2. The quantitative estimate of drug-likeness (QED) is 0.683. The van der Waals surface area contributed by atoms with Gasteiger partial charge in [-0.1, -0.05) is 0 Å². The summed E-state index contributed by atoms with van der Waals surface area (Å²) < 4.78 is 24.8. The van der Waals surface area contributed by atoms with Gasteiger partial charge in [-0.25, -0.2) is 19.2 Å². The lowest BCUT2D eigenvalue weighted by Crippen LogP contribution is -2.49. The number of anilines is 2. The van der Waals surface area contributed by atoms with Crippen molar-refractivity contribution in [3.63, 3.8) is 0 Å².